The molecule has 1 heterocycles. The van der Waals surface area contributed by atoms with Gasteiger partial charge in [0.25, 0.3) is 5.91 Å². The molecule has 0 spiro atoms. The fourth-order valence-corrected chi connectivity index (χ4v) is 3.19. The molecule has 1 N–H and O–H groups in total. The number of benzene rings is 2. The zero-order valence-electron chi connectivity index (χ0n) is 17.5. The van der Waals surface area contributed by atoms with Crippen molar-refractivity contribution in [3.8, 4) is 16.8 Å². The minimum atomic E-state index is -4.94. The van der Waals surface area contributed by atoms with Crippen molar-refractivity contribution in [1.82, 2.24) is 14.9 Å². The van der Waals surface area contributed by atoms with E-state index in [1.807, 2.05) is 0 Å². The third-order valence-corrected chi connectivity index (χ3v) is 4.73. The van der Waals surface area contributed by atoms with Crippen LogP contribution in [-0.2, 0) is 17.1 Å². The van der Waals surface area contributed by atoms with Crippen LogP contribution in [0.5, 0.6) is 0 Å². The van der Waals surface area contributed by atoms with Crippen molar-refractivity contribution in [1.29, 1.82) is 0 Å². The second-order valence-corrected chi connectivity index (χ2v) is 7.32. The molecule has 2 aromatic carbocycles. The number of carbonyl (C=O) groups is 1. The molecule has 0 radical (unpaired) electrons. The van der Waals surface area contributed by atoms with Gasteiger partial charge in [-0.15, -0.1) is 0 Å². The molecular weight excluding hydrogens is 452 g/mol. The third kappa shape index (κ3) is 5.72. The molecule has 33 heavy (non-hydrogen) atoms. The summed E-state index contributed by atoms with van der Waals surface area (Å²) in [5.41, 5.74) is -2.23. The predicted octanol–water partition coefficient (Wildman–Crippen LogP) is 5.34. The summed E-state index contributed by atoms with van der Waals surface area (Å²) < 4.78 is 85.2. The second kappa shape index (κ2) is 9.26. The van der Waals surface area contributed by atoms with Crippen LogP contribution in [0.15, 0.2) is 55.0 Å². The molecule has 0 fully saturated rings. The smallest absolute Gasteiger partial charge is 0.383 e. The van der Waals surface area contributed by atoms with E-state index in [9.17, 15) is 31.1 Å². The quantitative estimate of drug-likeness (QED) is 0.494. The molecule has 0 aliphatic rings. The number of nitrogens with zero attached hydrogens (tertiary/aromatic N) is 2. The minimum Gasteiger partial charge on any atom is -0.383 e. The minimum absolute atomic E-state index is 0.0822. The SMILES string of the molecule is COCC(C)NC(=O)c1cncn1-c1ccc(-c2cc(C(F)(F)F)cc(C(F)(F)F)c2)cc1. The maximum atomic E-state index is 13.1. The number of halogens is 6. The van der Waals surface area contributed by atoms with Gasteiger partial charge in [0.1, 0.15) is 5.69 Å². The number of hydrogen-bond donors (Lipinski definition) is 1. The van der Waals surface area contributed by atoms with Gasteiger partial charge in [-0.25, -0.2) is 4.98 Å². The molecule has 0 aliphatic heterocycles. The van der Waals surface area contributed by atoms with Crippen LogP contribution in [-0.4, -0.2) is 35.2 Å². The average Bonchev–Trinajstić information content (AvgIpc) is 3.22. The topological polar surface area (TPSA) is 56.1 Å². The fourth-order valence-electron chi connectivity index (χ4n) is 3.19. The summed E-state index contributed by atoms with van der Waals surface area (Å²) in [6.45, 7) is 2.05. The number of imidazole rings is 1. The van der Waals surface area contributed by atoms with Crippen LogP contribution >= 0.6 is 0 Å². The van der Waals surface area contributed by atoms with E-state index in [0.29, 0.717) is 24.4 Å². The molecule has 0 bridgehead atoms. The van der Waals surface area contributed by atoms with Crippen LogP contribution in [0.2, 0.25) is 0 Å². The van der Waals surface area contributed by atoms with Crippen LogP contribution in [0, 0.1) is 0 Å². The van der Waals surface area contributed by atoms with Gasteiger partial charge in [0, 0.05) is 18.8 Å². The predicted molar refractivity (Wildman–Crippen MR) is 108 cm³/mol. The van der Waals surface area contributed by atoms with Crippen molar-refractivity contribution >= 4 is 5.91 Å². The summed E-state index contributed by atoms with van der Waals surface area (Å²) in [7, 11) is 1.50. The van der Waals surface area contributed by atoms with Crippen LogP contribution < -0.4 is 5.32 Å². The Bertz CT molecular complexity index is 1090. The first-order valence-corrected chi connectivity index (χ1v) is 9.62. The highest BCUT2D eigenvalue weighted by Gasteiger charge is 2.37. The fraction of sp³-hybridized carbons (Fsp3) is 0.273. The monoisotopic (exact) mass is 471 g/mol. The molecule has 1 aromatic heterocycles. The number of hydrogen-bond acceptors (Lipinski definition) is 3. The lowest BCUT2D eigenvalue weighted by Crippen LogP contribution is -2.36. The Balaban J connectivity index is 1.94. The van der Waals surface area contributed by atoms with E-state index < -0.39 is 29.4 Å². The van der Waals surface area contributed by atoms with E-state index in [-0.39, 0.29) is 28.9 Å². The number of rotatable bonds is 6. The average molecular weight is 471 g/mol. The zero-order valence-corrected chi connectivity index (χ0v) is 17.5. The van der Waals surface area contributed by atoms with Gasteiger partial charge in [0.05, 0.1) is 30.3 Å². The Kier molecular flexibility index (Phi) is 6.82. The van der Waals surface area contributed by atoms with E-state index in [1.54, 1.807) is 6.92 Å². The number of methoxy groups -OCH3 is 1. The zero-order chi connectivity index (χ0) is 24.4. The lowest BCUT2D eigenvalue weighted by atomic mass is 9.99. The Labute approximate surface area is 185 Å². The maximum Gasteiger partial charge on any atom is 0.416 e. The number of amides is 1. The highest BCUT2D eigenvalue weighted by molar-refractivity contribution is 5.93. The summed E-state index contributed by atoms with van der Waals surface area (Å²) >= 11 is 0. The Morgan fingerprint density at radius 1 is 1.00 bits per heavy atom. The van der Waals surface area contributed by atoms with E-state index in [2.05, 4.69) is 10.3 Å². The molecule has 1 unspecified atom stereocenters. The van der Waals surface area contributed by atoms with Crippen molar-refractivity contribution in [2.45, 2.75) is 25.3 Å². The van der Waals surface area contributed by atoms with Crippen LogP contribution in [0.4, 0.5) is 26.3 Å². The first-order valence-electron chi connectivity index (χ1n) is 9.62. The molecule has 3 aromatic rings. The summed E-state index contributed by atoms with van der Waals surface area (Å²) in [6, 6.07) is 6.84. The van der Waals surface area contributed by atoms with Gasteiger partial charge in [-0.05, 0) is 48.4 Å². The first kappa shape index (κ1) is 24.3. The number of aromatic nitrogens is 2. The second-order valence-electron chi connectivity index (χ2n) is 7.32. The van der Waals surface area contributed by atoms with E-state index in [1.165, 1.54) is 48.5 Å². The molecule has 0 saturated heterocycles. The van der Waals surface area contributed by atoms with Crippen LogP contribution in [0.1, 0.15) is 28.5 Å². The lowest BCUT2D eigenvalue weighted by molar-refractivity contribution is -0.143. The number of carbonyl (C=O) groups excluding carboxylic acids is 1. The Hall–Kier alpha value is -3.34. The molecule has 176 valence electrons. The van der Waals surface area contributed by atoms with Crippen molar-refractivity contribution in [2.75, 3.05) is 13.7 Å². The van der Waals surface area contributed by atoms with Gasteiger partial charge in [-0.2, -0.15) is 26.3 Å². The molecule has 3 rings (SSSR count). The molecule has 1 amide bonds. The number of alkyl halides is 6. The Morgan fingerprint density at radius 2 is 1.58 bits per heavy atom. The lowest BCUT2D eigenvalue weighted by Gasteiger charge is -2.15. The highest BCUT2D eigenvalue weighted by Crippen LogP contribution is 2.38. The van der Waals surface area contributed by atoms with Crippen molar-refractivity contribution in [3.05, 3.63) is 71.8 Å². The van der Waals surface area contributed by atoms with Crippen LogP contribution in [0.25, 0.3) is 16.8 Å². The van der Waals surface area contributed by atoms with Gasteiger partial charge in [-0.1, -0.05) is 12.1 Å². The van der Waals surface area contributed by atoms with Gasteiger partial charge in [-0.3, -0.25) is 9.36 Å². The molecule has 1 atom stereocenters. The molecular formula is C22H19F6N3O2. The normalized spacial score (nSPS) is 13.1. The first-order chi connectivity index (χ1) is 15.4. The van der Waals surface area contributed by atoms with Gasteiger partial charge in [0.2, 0.25) is 0 Å². The number of ether oxygens (including phenoxy) is 1. The Morgan fingerprint density at radius 3 is 2.09 bits per heavy atom. The molecule has 0 aliphatic carbocycles. The van der Waals surface area contributed by atoms with Crippen molar-refractivity contribution < 1.29 is 35.9 Å². The van der Waals surface area contributed by atoms with E-state index in [4.69, 9.17) is 4.74 Å². The van der Waals surface area contributed by atoms with Gasteiger partial charge >= 0.3 is 12.4 Å². The number of nitrogens with one attached hydrogen (secondary N) is 1. The summed E-state index contributed by atoms with van der Waals surface area (Å²) in [5, 5.41) is 2.73. The van der Waals surface area contributed by atoms with Crippen LogP contribution in [0.3, 0.4) is 0 Å². The largest absolute Gasteiger partial charge is 0.416 e. The summed E-state index contributed by atoms with van der Waals surface area (Å²) in [6.07, 6.45) is -7.16. The molecule has 11 heteroatoms. The highest BCUT2D eigenvalue weighted by atomic mass is 19.4. The molecule has 0 saturated carbocycles. The van der Waals surface area contributed by atoms with Gasteiger partial charge in [0.15, 0.2) is 0 Å². The van der Waals surface area contributed by atoms with Crippen molar-refractivity contribution in [2.24, 2.45) is 0 Å². The van der Waals surface area contributed by atoms with E-state index >= 15 is 0 Å². The van der Waals surface area contributed by atoms with Gasteiger partial charge < -0.3 is 10.1 Å². The third-order valence-electron chi connectivity index (χ3n) is 4.73. The standard InChI is InChI=1S/C22H19F6N3O2/c1-13(11-33-2)30-20(32)19-10-29-12-31(19)18-5-3-14(4-6-18)15-7-16(21(23,24)25)9-17(8-15)22(26,27)28/h3-10,12-13H,11H2,1-2H3,(H,30,32). The summed E-state index contributed by atoms with van der Waals surface area (Å²) in [5.74, 6) is -0.422. The summed E-state index contributed by atoms with van der Waals surface area (Å²) in [4.78, 5) is 16.4. The van der Waals surface area contributed by atoms with E-state index in [0.717, 1.165) is 0 Å². The van der Waals surface area contributed by atoms with Crippen molar-refractivity contribution in [3.63, 3.8) is 0 Å². The maximum absolute atomic E-state index is 13.1. The molecule has 5 nitrogen and oxygen atoms in total.